The molecule has 1 aromatic carbocycles. The first-order chi connectivity index (χ1) is 8.95. The normalized spacial score (nSPS) is 10.2. The maximum atomic E-state index is 11.8. The Labute approximate surface area is 124 Å². The smallest absolute Gasteiger partial charge is 0.320 e. The van der Waals surface area contributed by atoms with Gasteiger partial charge in [0, 0.05) is 18.8 Å². The average molecular weight is 301 g/mol. The number of nitrogens with two attached hydrogens (primary N) is 1. The highest BCUT2D eigenvalue weighted by atomic mass is 35.5. The first kappa shape index (κ1) is 18.2. The van der Waals surface area contributed by atoms with E-state index in [9.17, 15) is 9.59 Å². The zero-order chi connectivity index (χ0) is 14.3. The highest BCUT2D eigenvalue weighted by molar-refractivity contribution is 5.95. The fourth-order valence-corrected chi connectivity index (χ4v) is 1.43. The molecule has 0 saturated heterocycles. The summed E-state index contributed by atoms with van der Waals surface area (Å²) in [6.07, 6.45) is 0. The predicted molar refractivity (Wildman–Crippen MR) is 82.0 cm³/mol. The van der Waals surface area contributed by atoms with E-state index in [-0.39, 0.29) is 18.3 Å². The van der Waals surface area contributed by atoms with Crippen molar-refractivity contribution in [1.82, 2.24) is 10.6 Å². The van der Waals surface area contributed by atoms with Gasteiger partial charge >= 0.3 is 6.03 Å². The largest absolute Gasteiger partial charge is 0.353 e. The Kier molecular flexibility index (Phi) is 7.64. The lowest BCUT2D eigenvalue weighted by atomic mass is 10.1. The standard InChI is InChI=1S/C13H20N4O2.ClH/c1-13(2,11(18)15-9-8-14)17-12(19)16-10-6-4-3-5-7-10;/h3-7H,8-9,14H2,1-2H3,(H,15,18)(H2,16,17,19);1H. The van der Waals surface area contributed by atoms with E-state index in [1.54, 1.807) is 26.0 Å². The van der Waals surface area contributed by atoms with Gasteiger partial charge in [0.1, 0.15) is 5.54 Å². The molecule has 0 fully saturated rings. The number of anilines is 1. The minimum atomic E-state index is -1.01. The Hall–Kier alpha value is -1.79. The van der Waals surface area contributed by atoms with Crippen LogP contribution < -0.4 is 21.7 Å². The molecule has 20 heavy (non-hydrogen) atoms. The molecule has 112 valence electrons. The molecular weight excluding hydrogens is 280 g/mol. The number of hydrogen-bond donors (Lipinski definition) is 4. The first-order valence-electron chi connectivity index (χ1n) is 6.08. The minimum absolute atomic E-state index is 0. The zero-order valence-corrected chi connectivity index (χ0v) is 12.4. The molecule has 0 aliphatic heterocycles. The molecule has 0 heterocycles. The molecule has 0 aromatic heterocycles. The summed E-state index contributed by atoms with van der Waals surface area (Å²) >= 11 is 0. The number of benzene rings is 1. The third kappa shape index (κ3) is 5.90. The van der Waals surface area contributed by atoms with Gasteiger partial charge in [-0.3, -0.25) is 4.79 Å². The van der Waals surface area contributed by atoms with Gasteiger partial charge in [0.05, 0.1) is 0 Å². The van der Waals surface area contributed by atoms with Gasteiger partial charge in [0.2, 0.25) is 5.91 Å². The summed E-state index contributed by atoms with van der Waals surface area (Å²) in [5, 5.41) is 7.90. The van der Waals surface area contributed by atoms with E-state index in [2.05, 4.69) is 16.0 Å². The quantitative estimate of drug-likeness (QED) is 0.655. The minimum Gasteiger partial charge on any atom is -0.353 e. The molecule has 5 N–H and O–H groups in total. The van der Waals surface area contributed by atoms with Gasteiger partial charge in [0.15, 0.2) is 0 Å². The Balaban J connectivity index is 0.00000361. The Morgan fingerprint density at radius 1 is 1.20 bits per heavy atom. The molecule has 0 unspecified atom stereocenters. The fraction of sp³-hybridized carbons (Fsp3) is 0.385. The van der Waals surface area contributed by atoms with Gasteiger partial charge in [-0.2, -0.15) is 0 Å². The van der Waals surface area contributed by atoms with Gasteiger partial charge in [0.25, 0.3) is 0 Å². The number of nitrogens with one attached hydrogen (secondary N) is 3. The van der Waals surface area contributed by atoms with Crippen LogP contribution in [0.5, 0.6) is 0 Å². The molecule has 0 saturated carbocycles. The molecule has 0 radical (unpaired) electrons. The van der Waals surface area contributed by atoms with Crippen LogP contribution in [0.25, 0.3) is 0 Å². The van der Waals surface area contributed by atoms with Gasteiger partial charge in [-0.25, -0.2) is 4.79 Å². The van der Waals surface area contributed by atoms with Crippen molar-refractivity contribution in [2.45, 2.75) is 19.4 Å². The maximum Gasteiger partial charge on any atom is 0.320 e. The lowest BCUT2D eigenvalue weighted by Gasteiger charge is -2.25. The van der Waals surface area contributed by atoms with Crippen molar-refractivity contribution in [3.05, 3.63) is 30.3 Å². The van der Waals surface area contributed by atoms with Crippen molar-refractivity contribution in [1.29, 1.82) is 0 Å². The summed E-state index contributed by atoms with van der Waals surface area (Å²) < 4.78 is 0. The van der Waals surface area contributed by atoms with Gasteiger partial charge in [-0.15, -0.1) is 12.4 Å². The van der Waals surface area contributed by atoms with E-state index in [4.69, 9.17) is 5.73 Å². The SMILES string of the molecule is CC(C)(NC(=O)Nc1ccccc1)C(=O)NCCN.Cl. The van der Waals surface area contributed by atoms with Crippen LogP contribution >= 0.6 is 12.4 Å². The average Bonchev–Trinajstić information content (AvgIpc) is 2.36. The van der Waals surface area contributed by atoms with Crippen LogP contribution in [0.1, 0.15) is 13.8 Å². The molecule has 0 atom stereocenters. The van der Waals surface area contributed by atoms with Crippen molar-refractivity contribution in [2.24, 2.45) is 5.73 Å². The van der Waals surface area contributed by atoms with Gasteiger partial charge in [-0.05, 0) is 26.0 Å². The molecular formula is C13H21ClN4O2. The molecule has 3 amide bonds. The summed E-state index contributed by atoms with van der Waals surface area (Å²) in [6.45, 7) is 4.00. The van der Waals surface area contributed by atoms with Crippen molar-refractivity contribution in [3.8, 4) is 0 Å². The summed E-state index contributed by atoms with van der Waals surface area (Å²) in [6, 6.07) is 8.58. The summed E-state index contributed by atoms with van der Waals surface area (Å²) in [7, 11) is 0. The highest BCUT2D eigenvalue weighted by Crippen LogP contribution is 2.07. The van der Waals surface area contributed by atoms with Crippen molar-refractivity contribution in [3.63, 3.8) is 0 Å². The summed E-state index contributed by atoms with van der Waals surface area (Å²) in [5.41, 5.74) is 4.97. The summed E-state index contributed by atoms with van der Waals surface area (Å²) in [5.74, 6) is -0.277. The number of amides is 3. The van der Waals surface area contributed by atoms with Crippen molar-refractivity contribution in [2.75, 3.05) is 18.4 Å². The van der Waals surface area contributed by atoms with Crippen LogP contribution in [-0.4, -0.2) is 30.6 Å². The van der Waals surface area contributed by atoms with E-state index in [0.717, 1.165) is 0 Å². The Morgan fingerprint density at radius 3 is 2.35 bits per heavy atom. The topological polar surface area (TPSA) is 96.2 Å². The molecule has 1 aromatic rings. The number of rotatable bonds is 5. The number of halogens is 1. The second-order valence-electron chi connectivity index (χ2n) is 4.61. The monoisotopic (exact) mass is 300 g/mol. The third-order valence-corrected chi connectivity index (χ3v) is 2.46. The maximum absolute atomic E-state index is 11.8. The van der Waals surface area contributed by atoms with Crippen LogP contribution in [0.2, 0.25) is 0 Å². The number of carbonyl (C=O) groups excluding carboxylic acids is 2. The van der Waals surface area contributed by atoms with E-state index in [1.165, 1.54) is 0 Å². The van der Waals surface area contributed by atoms with E-state index in [0.29, 0.717) is 18.8 Å². The predicted octanol–water partition coefficient (Wildman–Crippen LogP) is 1.08. The second-order valence-corrected chi connectivity index (χ2v) is 4.61. The van der Waals surface area contributed by atoms with Crippen LogP contribution in [-0.2, 0) is 4.79 Å². The van der Waals surface area contributed by atoms with Crippen LogP contribution in [0.3, 0.4) is 0 Å². The second kappa shape index (κ2) is 8.39. The van der Waals surface area contributed by atoms with E-state index >= 15 is 0 Å². The van der Waals surface area contributed by atoms with Crippen molar-refractivity contribution >= 4 is 30.0 Å². The molecule has 7 heteroatoms. The Morgan fingerprint density at radius 2 is 1.80 bits per heavy atom. The summed E-state index contributed by atoms with van der Waals surface area (Å²) in [4.78, 5) is 23.6. The molecule has 6 nitrogen and oxygen atoms in total. The molecule has 0 bridgehead atoms. The number of para-hydroxylation sites is 1. The van der Waals surface area contributed by atoms with Gasteiger partial charge < -0.3 is 21.7 Å². The van der Waals surface area contributed by atoms with Crippen LogP contribution in [0.15, 0.2) is 30.3 Å². The molecule has 0 aliphatic carbocycles. The number of carbonyl (C=O) groups is 2. The highest BCUT2D eigenvalue weighted by Gasteiger charge is 2.28. The lowest BCUT2D eigenvalue weighted by molar-refractivity contribution is -0.125. The molecule has 1 rings (SSSR count). The third-order valence-electron chi connectivity index (χ3n) is 2.46. The van der Waals surface area contributed by atoms with E-state index in [1.807, 2.05) is 18.2 Å². The van der Waals surface area contributed by atoms with Gasteiger partial charge in [-0.1, -0.05) is 18.2 Å². The van der Waals surface area contributed by atoms with E-state index < -0.39 is 11.6 Å². The zero-order valence-electron chi connectivity index (χ0n) is 11.6. The lowest BCUT2D eigenvalue weighted by Crippen LogP contribution is -2.56. The van der Waals surface area contributed by atoms with Crippen LogP contribution in [0, 0.1) is 0 Å². The molecule has 0 spiro atoms. The van der Waals surface area contributed by atoms with Crippen LogP contribution in [0.4, 0.5) is 10.5 Å². The number of hydrogen-bond acceptors (Lipinski definition) is 3. The molecule has 0 aliphatic rings. The fourth-order valence-electron chi connectivity index (χ4n) is 1.43. The Bertz CT molecular complexity index is 437. The number of urea groups is 1. The van der Waals surface area contributed by atoms with Crippen molar-refractivity contribution < 1.29 is 9.59 Å². The first-order valence-corrected chi connectivity index (χ1v) is 6.08.